The molecule has 128 valence electrons. The number of nitrogen functional groups attached to an aromatic ring is 1. The van der Waals surface area contributed by atoms with Crippen LogP contribution in [0.1, 0.15) is 0 Å². The van der Waals surface area contributed by atoms with Gasteiger partial charge in [0.15, 0.2) is 10.8 Å². The lowest BCUT2D eigenvalue weighted by Crippen LogP contribution is -1.99. The minimum absolute atomic E-state index is 0.376. The summed E-state index contributed by atoms with van der Waals surface area (Å²) in [7, 11) is 0. The third-order valence-corrected chi connectivity index (χ3v) is 4.89. The molecule has 26 heavy (non-hydrogen) atoms. The van der Waals surface area contributed by atoms with Gasteiger partial charge in [-0.05, 0) is 30.0 Å². The van der Waals surface area contributed by atoms with Crippen molar-refractivity contribution in [1.29, 1.82) is 0 Å². The molecule has 0 atom stereocenters. The van der Waals surface area contributed by atoms with E-state index in [2.05, 4.69) is 19.9 Å². The van der Waals surface area contributed by atoms with E-state index in [1.165, 1.54) is 11.8 Å². The van der Waals surface area contributed by atoms with E-state index in [1.54, 1.807) is 18.6 Å². The molecule has 0 fully saturated rings. The largest absolute Gasteiger partial charge is 0.383 e. The molecule has 0 saturated heterocycles. The fourth-order valence-corrected chi connectivity index (χ4v) is 3.43. The topological polar surface area (TPSA) is 77.6 Å². The van der Waals surface area contributed by atoms with E-state index in [0.717, 1.165) is 27.6 Å². The van der Waals surface area contributed by atoms with E-state index in [-0.39, 0.29) is 0 Å². The summed E-state index contributed by atoms with van der Waals surface area (Å²) in [6, 6.07) is 11.6. The van der Waals surface area contributed by atoms with Gasteiger partial charge in [-0.3, -0.25) is 4.98 Å². The molecule has 4 rings (SSSR count). The van der Waals surface area contributed by atoms with Crippen LogP contribution in [0.3, 0.4) is 0 Å². The molecule has 5 nitrogen and oxygen atoms in total. The number of halogens is 1. The summed E-state index contributed by atoms with van der Waals surface area (Å²) in [6.45, 7) is 0. The third kappa shape index (κ3) is 2.98. The molecule has 0 aliphatic carbocycles. The predicted octanol–water partition coefficient (Wildman–Crippen LogP) is 4.71. The van der Waals surface area contributed by atoms with E-state index in [9.17, 15) is 0 Å². The van der Waals surface area contributed by atoms with Gasteiger partial charge in [0.05, 0.1) is 0 Å². The monoisotopic (exact) mass is 379 g/mol. The van der Waals surface area contributed by atoms with Crippen LogP contribution in [0.25, 0.3) is 33.3 Å². The number of anilines is 1. The average Bonchev–Trinajstić information content (AvgIpc) is 2.68. The van der Waals surface area contributed by atoms with Crippen molar-refractivity contribution in [3.63, 3.8) is 0 Å². The summed E-state index contributed by atoms with van der Waals surface area (Å²) in [5.74, 6) is 0.376. The Balaban J connectivity index is 1.97. The van der Waals surface area contributed by atoms with Gasteiger partial charge in [0.2, 0.25) is 0 Å². The highest BCUT2D eigenvalue weighted by molar-refractivity contribution is 7.98. The van der Waals surface area contributed by atoms with Gasteiger partial charge in [-0.15, -0.1) is 0 Å². The molecule has 0 bridgehead atoms. The van der Waals surface area contributed by atoms with E-state index in [4.69, 9.17) is 17.3 Å². The quantitative estimate of drug-likeness (QED) is 0.410. The van der Waals surface area contributed by atoms with Crippen molar-refractivity contribution in [3.05, 3.63) is 60.0 Å². The maximum atomic E-state index is 6.55. The van der Waals surface area contributed by atoms with Crippen molar-refractivity contribution in [2.24, 2.45) is 0 Å². The number of nitrogens with two attached hydrogens (primary N) is 1. The zero-order chi connectivity index (χ0) is 18.1. The van der Waals surface area contributed by atoms with Crippen molar-refractivity contribution in [3.8, 4) is 22.3 Å². The van der Waals surface area contributed by atoms with E-state index in [1.807, 2.05) is 42.7 Å². The van der Waals surface area contributed by atoms with Crippen molar-refractivity contribution in [2.45, 2.75) is 5.16 Å². The standard InChI is InChI=1S/C19H14ClN5S/c1-26-19-23-10-12-8-14(17(21)24-18(12)25-19)16-13(5-2-6-15(16)20)11-4-3-7-22-9-11/h2-10H,1H3,(H2,21,23,24,25). The Morgan fingerprint density at radius 2 is 1.92 bits per heavy atom. The van der Waals surface area contributed by atoms with Crippen LogP contribution in [0.2, 0.25) is 5.02 Å². The summed E-state index contributed by atoms with van der Waals surface area (Å²) in [4.78, 5) is 17.4. The molecule has 7 heteroatoms. The third-order valence-electron chi connectivity index (χ3n) is 4.01. The van der Waals surface area contributed by atoms with E-state index < -0.39 is 0 Å². The Morgan fingerprint density at radius 1 is 1.04 bits per heavy atom. The fourth-order valence-electron chi connectivity index (χ4n) is 2.82. The Kier molecular flexibility index (Phi) is 4.44. The number of hydrogen-bond acceptors (Lipinski definition) is 6. The highest BCUT2D eigenvalue weighted by Crippen LogP contribution is 2.40. The van der Waals surface area contributed by atoms with Crippen LogP contribution in [0.15, 0.2) is 60.1 Å². The molecule has 3 heterocycles. The van der Waals surface area contributed by atoms with Crippen molar-refractivity contribution < 1.29 is 0 Å². The Morgan fingerprint density at radius 3 is 2.69 bits per heavy atom. The Labute approximate surface area is 159 Å². The molecule has 0 amide bonds. The van der Waals surface area contributed by atoms with Gasteiger partial charge >= 0.3 is 0 Å². The molecule has 0 aliphatic heterocycles. The lowest BCUT2D eigenvalue weighted by atomic mass is 9.95. The number of pyridine rings is 2. The molecule has 0 aliphatic rings. The van der Waals surface area contributed by atoms with Gasteiger partial charge < -0.3 is 5.73 Å². The fraction of sp³-hybridized carbons (Fsp3) is 0.0526. The lowest BCUT2D eigenvalue weighted by molar-refractivity contribution is 0.993. The molecule has 4 aromatic rings. The molecule has 0 radical (unpaired) electrons. The molecule has 0 spiro atoms. The molecule has 2 N–H and O–H groups in total. The number of fused-ring (bicyclic) bond motifs is 1. The molecular formula is C19H14ClN5S. The maximum Gasteiger partial charge on any atom is 0.189 e. The van der Waals surface area contributed by atoms with Crippen LogP contribution in [-0.2, 0) is 0 Å². The maximum absolute atomic E-state index is 6.55. The molecular weight excluding hydrogens is 366 g/mol. The zero-order valence-electron chi connectivity index (χ0n) is 13.8. The van der Waals surface area contributed by atoms with Crippen LogP contribution in [-0.4, -0.2) is 26.2 Å². The van der Waals surface area contributed by atoms with E-state index >= 15 is 0 Å². The highest BCUT2D eigenvalue weighted by Gasteiger charge is 2.16. The highest BCUT2D eigenvalue weighted by atomic mass is 35.5. The average molecular weight is 380 g/mol. The van der Waals surface area contributed by atoms with Gasteiger partial charge in [-0.1, -0.05) is 41.6 Å². The van der Waals surface area contributed by atoms with Gasteiger partial charge in [-0.25, -0.2) is 15.0 Å². The van der Waals surface area contributed by atoms with E-state index in [0.29, 0.717) is 21.6 Å². The number of thioether (sulfide) groups is 1. The van der Waals surface area contributed by atoms with Crippen LogP contribution in [0.5, 0.6) is 0 Å². The first-order valence-corrected chi connectivity index (χ1v) is 9.44. The second-order valence-corrected chi connectivity index (χ2v) is 6.78. The van der Waals surface area contributed by atoms with Crippen LogP contribution < -0.4 is 5.73 Å². The number of benzene rings is 1. The van der Waals surface area contributed by atoms with Gasteiger partial charge in [0, 0.05) is 45.7 Å². The minimum atomic E-state index is 0.376. The van der Waals surface area contributed by atoms with Crippen LogP contribution >= 0.6 is 23.4 Å². The predicted molar refractivity (Wildman–Crippen MR) is 107 cm³/mol. The van der Waals surface area contributed by atoms with Gasteiger partial charge in [-0.2, -0.15) is 0 Å². The first-order chi connectivity index (χ1) is 12.7. The summed E-state index contributed by atoms with van der Waals surface area (Å²) in [5.41, 5.74) is 10.3. The smallest absolute Gasteiger partial charge is 0.189 e. The second kappa shape index (κ2) is 6.90. The molecule has 1 aromatic carbocycles. The summed E-state index contributed by atoms with van der Waals surface area (Å²) >= 11 is 8.01. The van der Waals surface area contributed by atoms with Crippen LogP contribution in [0.4, 0.5) is 5.82 Å². The van der Waals surface area contributed by atoms with Crippen molar-refractivity contribution >= 4 is 40.2 Å². The van der Waals surface area contributed by atoms with Crippen molar-refractivity contribution in [1.82, 2.24) is 19.9 Å². The zero-order valence-corrected chi connectivity index (χ0v) is 15.4. The van der Waals surface area contributed by atoms with Crippen LogP contribution in [0, 0.1) is 0 Å². The Bertz CT molecular complexity index is 1100. The number of nitrogens with zero attached hydrogens (tertiary/aromatic N) is 4. The summed E-state index contributed by atoms with van der Waals surface area (Å²) in [6.07, 6.45) is 7.21. The number of rotatable bonds is 3. The lowest BCUT2D eigenvalue weighted by Gasteiger charge is -2.14. The first kappa shape index (κ1) is 16.8. The van der Waals surface area contributed by atoms with Gasteiger partial charge in [0.25, 0.3) is 0 Å². The summed E-state index contributed by atoms with van der Waals surface area (Å²) < 4.78 is 0. The Hall–Kier alpha value is -2.70. The summed E-state index contributed by atoms with van der Waals surface area (Å²) in [5, 5.41) is 2.07. The molecule has 0 saturated carbocycles. The number of hydrogen-bond donors (Lipinski definition) is 1. The van der Waals surface area contributed by atoms with Gasteiger partial charge in [0.1, 0.15) is 5.82 Å². The molecule has 3 aromatic heterocycles. The first-order valence-electron chi connectivity index (χ1n) is 7.84. The second-order valence-electron chi connectivity index (χ2n) is 5.59. The SMILES string of the molecule is CSc1ncc2cc(-c3c(Cl)cccc3-c3cccnc3)c(N)nc2n1. The molecule has 0 unspecified atom stereocenters. The van der Waals surface area contributed by atoms with Crippen molar-refractivity contribution in [2.75, 3.05) is 12.0 Å². The normalized spacial score (nSPS) is 11.0. The minimum Gasteiger partial charge on any atom is -0.383 e. The number of aromatic nitrogens is 4.